The average Bonchev–Trinajstić information content (AvgIpc) is 2.31. The van der Waals surface area contributed by atoms with Gasteiger partial charge in [-0.15, -0.1) is 17.0 Å². The number of hydrogen-bond acceptors (Lipinski definition) is 2. The molecular formula is C13H21Br2NO. The van der Waals surface area contributed by atoms with Crippen LogP contribution in [0.3, 0.4) is 0 Å². The monoisotopic (exact) mass is 365 g/mol. The summed E-state index contributed by atoms with van der Waals surface area (Å²) in [7, 11) is 0. The molecule has 0 fully saturated rings. The molecule has 0 radical (unpaired) electrons. The van der Waals surface area contributed by atoms with Crippen LogP contribution >= 0.6 is 32.9 Å². The van der Waals surface area contributed by atoms with Crippen LogP contribution in [0, 0.1) is 0 Å². The van der Waals surface area contributed by atoms with Crippen LogP contribution in [0.15, 0.2) is 28.7 Å². The highest BCUT2D eigenvalue weighted by atomic mass is 79.9. The first-order chi connectivity index (χ1) is 7.67. The van der Waals surface area contributed by atoms with E-state index in [-0.39, 0.29) is 23.1 Å². The van der Waals surface area contributed by atoms with Crippen molar-refractivity contribution in [1.29, 1.82) is 0 Å². The van der Waals surface area contributed by atoms with Crippen molar-refractivity contribution in [3.05, 3.63) is 34.3 Å². The minimum absolute atomic E-state index is 0. The minimum atomic E-state index is -0.353. The highest BCUT2D eigenvalue weighted by Gasteiger charge is 2.08. The van der Waals surface area contributed by atoms with Gasteiger partial charge in [0.05, 0.1) is 6.10 Å². The molecule has 1 aromatic rings. The van der Waals surface area contributed by atoms with E-state index in [0.29, 0.717) is 0 Å². The summed E-state index contributed by atoms with van der Waals surface area (Å²) in [6, 6.07) is 7.87. The number of benzene rings is 1. The summed E-state index contributed by atoms with van der Waals surface area (Å²) in [6.07, 6.45) is 0.442. The van der Waals surface area contributed by atoms with Gasteiger partial charge in [-0.1, -0.05) is 41.9 Å². The van der Waals surface area contributed by atoms with Gasteiger partial charge in [-0.25, -0.2) is 0 Å². The van der Waals surface area contributed by atoms with Crippen molar-refractivity contribution in [2.45, 2.75) is 26.4 Å². The lowest BCUT2D eigenvalue weighted by Gasteiger charge is -2.20. The fourth-order valence-corrected chi connectivity index (χ4v) is 1.96. The van der Waals surface area contributed by atoms with E-state index in [9.17, 15) is 5.11 Å². The molecule has 0 amide bonds. The van der Waals surface area contributed by atoms with Gasteiger partial charge in [0, 0.05) is 11.0 Å². The molecule has 1 N–H and O–H groups in total. The van der Waals surface area contributed by atoms with Crippen molar-refractivity contribution in [2.75, 3.05) is 19.6 Å². The second-order valence-electron chi connectivity index (χ2n) is 3.88. The van der Waals surface area contributed by atoms with E-state index in [4.69, 9.17) is 0 Å². The zero-order valence-corrected chi connectivity index (χ0v) is 13.7. The summed E-state index contributed by atoms with van der Waals surface area (Å²) < 4.78 is 1.05. The third kappa shape index (κ3) is 6.00. The van der Waals surface area contributed by atoms with Crippen molar-refractivity contribution in [1.82, 2.24) is 4.90 Å². The van der Waals surface area contributed by atoms with E-state index in [1.165, 1.54) is 0 Å². The molecule has 0 aliphatic rings. The van der Waals surface area contributed by atoms with E-state index in [0.717, 1.165) is 36.1 Å². The van der Waals surface area contributed by atoms with Crippen LogP contribution in [0.25, 0.3) is 0 Å². The molecule has 0 aliphatic heterocycles. The Labute approximate surface area is 123 Å². The van der Waals surface area contributed by atoms with Gasteiger partial charge < -0.3 is 10.0 Å². The molecule has 1 atom stereocenters. The first-order valence-corrected chi connectivity index (χ1v) is 6.62. The fourth-order valence-electron chi connectivity index (χ4n) is 1.70. The molecular weight excluding hydrogens is 346 g/mol. The predicted octanol–water partition coefficient (Wildman–Crippen LogP) is 3.79. The highest BCUT2D eigenvalue weighted by Crippen LogP contribution is 2.19. The van der Waals surface area contributed by atoms with E-state index < -0.39 is 0 Å². The molecule has 0 bridgehead atoms. The summed E-state index contributed by atoms with van der Waals surface area (Å²) in [6.45, 7) is 7.34. The summed E-state index contributed by atoms with van der Waals surface area (Å²) in [5.41, 5.74) is 0.996. The number of aliphatic hydroxyl groups excluding tert-OH is 1. The number of nitrogens with zero attached hydrogens (tertiary/aromatic N) is 1. The lowest BCUT2D eigenvalue weighted by atomic mass is 10.1. The zero-order chi connectivity index (χ0) is 12.0. The molecule has 2 nitrogen and oxygen atoms in total. The lowest BCUT2D eigenvalue weighted by Crippen LogP contribution is -2.25. The van der Waals surface area contributed by atoms with Crippen molar-refractivity contribution in [3.8, 4) is 0 Å². The van der Waals surface area contributed by atoms with Crippen LogP contribution in [-0.4, -0.2) is 29.6 Å². The normalized spacial score (nSPS) is 12.3. The molecule has 1 aromatic carbocycles. The Morgan fingerprint density at radius 2 is 1.71 bits per heavy atom. The van der Waals surface area contributed by atoms with Crippen LogP contribution in [0.4, 0.5) is 0 Å². The van der Waals surface area contributed by atoms with Crippen LogP contribution in [-0.2, 0) is 0 Å². The van der Waals surface area contributed by atoms with Crippen LogP contribution in [0.2, 0.25) is 0 Å². The Bertz CT molecular complexity index is 299. The van der Waals surface area contributed by atoms with E-state index in [2.05, 4.69) is 34.7 Å². The zero-order valence-electron chi connectivity index (χ0n) is 10.4. The maximum absolute atomic E-state index is 10.0. The van der Waals surface area contributed by atoms with Gasteiger partial charge >= 0.3 is 0 Å². The Balaban J connectivity index is 0.00000256. The molecule has 0 saturated carbocycles. The minimum Gasteiger partial charge on any atom is -0.388 e. The first kappa shape index (κ1) is 17.1. The van der Waals surface area contributed by atoms with Crippen LogP contribution in [0.5, 0.6) is 0 Å². The van der Waals surface area contributed by atoms with Gasteiger partial charge in [0.15, 0.2) is 0 Å². The largest absolute Gasteiger partial charge is 0.388 e. The van der Waals surface area contributed by atoms with Crippen molar-refractivity contribution in [3.63, 3.8) is 0 Å². The predicted molar refractivity (Wildman–Crippen MR) is 81.8 cm³/mol. The second-order valence-corrected chi connectivity index (χ2v) is 4.80. The van der Waals surface area contributed by atoms with Crippen molar-refractivity contribution < 1.29 is 5.11 Å². The Morgan fingerprint density at radius 3 is 2.18 bits per heavy atom. The SMILES string of the molecule is Br.CCN(CC)CCC(O)c1ccc(Br)cc1. The van der Waals surface area contributed by atoms with Crippen molar-refractivity contribution >= 4 is 32.9 Å². The van der Waals surface area contributed by atoms with E-state index in [1.807, 2.05) is 24.3 Å². The molecule has 0 spiro atoms. The van der Waals surface area contributed by atoms with Gasteiger partial charge in [-0.05, 0) is 37.2 Å². The first-order valence-electron chi connectivity index (χ1n) is 5.83. The topological polar surface area (TPSA) is 23.5 Å². The molecule has 0 heterocycles. The summed E-state index contributed by atoms with van der Waals surface area (Å²) in [4.78, 5) is 2.32. The highest BCUT2D eigenvalue weighted by molar-refractivity contribution is 9.10. The molecule has 0 saturated heterocycles. The molecule has 17 heavy (non-hydrogen) atoms. The summed E-state index contributed by atoms with van der Waals surface area (Å²) >= 11 is 3.39. The Kier molecular flexibility index (Phi) is 9.14. The fraction of sp³-hybridized carbons (Fsp3) is 0.538. The van der Waals surface area contributed by atoms with Gasteiger partial charge in [0.25, 0.3) is 0 Å². The number of hydrogen-bond donors (Lipinski definition) is 1. The van der Waals surface area contributed by atoms with Gasteiger partial charge in [0.1, 0.15) is 0 Å². The number of halogens is 2. The van der Waals surface area contributed by atoms with Gasteiger partial charge in [-0.2, -0.15) is 0 Å². The maximum atomic E-state index is 10.0. The van der Waals surface area contributed by atoms with Crippen LogP contribution in [0.1, 0.15) is 31.9 Å². The molecule has 4 heteroatoms. The number of rotatable bonds is 6. The quantitative estimate of drug-likeness (QED) is 0.827. The lowest BCUT2D eigenvalue weighted by molar-refractivity contribution is 0.145. The standard InChI is InChI=1S/C13H20BrNO.BrH/c1-3-15(4-2)10-9-13(16)11-5-7-12(14)8-6-11;/h5-8,13,16H,3-4,9-10H2,1-2H3;1H. The van der Waals surface area contributed by atoms with Gasteiger partial charge in [-0.3, -0.25) is 0 Å². The van der Waals surface area contributed by atoms with Crippen LogP contribution < -0.4 is 0 Å². The summed E-state index contributed by atoms with van der Waals surface area (Å²) in [5.74, 6) is 0. The molecule has 1 rings (SSSR count). The molecule has 1 unspecified atom stereocenters. The molecule has 0 aliphatic carbocycles. The Hall–Kier alpha value is 0.100. The molecule has 0 aromatic heterocycles. The second kappa shape index (κ2) is 9.09. The Morgan fingerprint density at radius 1 is 1.18 bits per heavy atom. The summed E-state index contributed by atoms with van der Waals surface area (Å²) in [5, 5.41) is 10.0. The van der Waals surface area contributed by atoms with Crippen molar-refractivity contribution in [2.24, 2.45) is 0 Å². The van der Waals surface area contributed by atoms with E-state index in [1.54, 1.807) is 0 Å². The number of aliphatic hydroxyl groups is 1. The van der Waals surface area contributed by atoms with Gasteiger partial charge in [0.2, 0.25) is 0 Å². The smallest absolute Gasteiger partial charge is 0.0802 e. The third-order valence-corrected chi connectivity index (χ3v) is 3.40. The van der Waals surface area contributed by atoms with E-state index >= 15 is 0 Å². The molecule has 98 valence electrons. The third-order valence-electron chi connectivity index (χ3n) is 2.87. The average molecular weight is 367 g/mol. The maximum Gasteiger partial charge on any atom is 0.0802 e.